The summed E-state index contributed by atoms with van der Waals surface area (Å²) in [5.41, 5.74) is 5.83. The summed E-state index contributed by atoms with van der Waals surface area (Å²) >= 11 is 0. The normalized spacial score (nSPS) is 21.1. The summed E-state index contributed by atoms with van der Waals surface area (Å²) in [4.78, 5) is 28.7. The molecule has 5 nitrogen and oxygen atoms in total. The molecule has 0 aromatic heterocycles. The quantitative estimate of drug-likeness (QED) is 0.901. The summed E-state index contributed by atoms with van der Waals surface area (Å²) in [5.74, 6) is -0.629. The van der Waals surface area contributed by atoms with E-state index < -0.39 is 5.54 Å². The summed E-state index contributed by atoms with van der Waals surface area (Å²) in [6, 6.07) is 6.13. The zero-order valence-electron chi connectivity index (χ0n) is 14.5. The fourth-order valence-corrected chi connectivity index (χ4v) is 4.10. The lowest BCUT2D eigenvalue weighted by Gasteiger charge is -2.48. The number of nitrogens with zero attached hydrogens (tertiary/aromatic N) is 2. The molecule has 1 aromatic rings. The Morgan fingerprint density at radius 1 is 1.08 bits per heavy atom. The number of likely N-dealkylation sites (tertiary alicyclic amines) is 2. The summed E-state index contributed by atoms with van der Waals surface area (Å²) in [6.07, 6.45) is 4.73. The van der Waals surface area contributed by atoms with Gasteiger partial charge in [0.25, 0.3) is 0 Å². The second-order valence-electron chi connectivity index (χ2n) is 7.13. The van der Waals surface area contributed by atoms with Crippen LogP contribution in [0.4, 0.5) is 4.39 Å². The highest BCUT2D eigenvalue weighted by molar-refractivity contribution is 5.85. The van der Waals surface area contributed by atoms with Gasteiger partial charge >= 0.3 is 0 Å². The Kier molecular flexibility index (Phi) is 5.37. The van der Waals surface area contributed by atoms with Crippen LogP contribution in [0.1, 0.15) is 37.7 Å². The van der Waals surface area contributed by atoms with Crippen LogP contribution in [-0.2, 0) is 16.0 Å². The number of benzene rings is 1. The summed E-state index contributed by atoms with van der Waals surface area (Å²) in [7, 11) is 0. The van der Waals surface area contributed by atoms with Gasteiger partial charge in [-0.1, -0.05) is 18.6 Å². The van der Waals surface area contributed by atoms with Crippen LogP contribution in [0.25, 0.3) is 0 Å². The van der Waals surface area contributed by atoms with E-state index in [1.807, 2.05) is 0 Å². The average molecular weight is 347 g/mol. The minimum absolute atomic E-state index is 0.0256. The van der Waals surface area contributed by atoms with Crippen molar-refractivity contribution in [2.75, 3.05) is 26.2 Å². The summed E-state index contributed by atoms with van der Waals surface area (Å²) in [6.45, 7) is 2.85. The number of amides is 2. The van der Waals surface area contributed by atoms with Crippen molar-refractivity contribution in [2.24, 2.45) is 5.73 Å². The number of nitrogens with two attached hydrogens (primary N) is 1. The fraction of sp³-hybridized carbons (Fsp3) is 0.579. The Morgan fingerprint density at radius 2 is 1.76 bits per heavy atom. The molecule has 2 N–H and O–H groups in total. The predicted octanol–water partition coefficient (Wildman–Crippen LogP) is 1.70. The lowest BCUT2D eigenvalue weighted by Crippen LogP contribution is -2.63. The first-order valence-corrected chi connectivity index (χ1v) is 9.08. The highest BCUT2D eigenvalue weighted by Gasteiger charge is 2.45. The van der Waals surface area contributed by atoms with Crippen LogP contribution in [0.2, 0.25) is 0 Å². The van der Waals surface area contributed by atoms with Gasteiger partial charge in [0.15, 0.2) is 0 Å². The molecule has 2 amide bonds. The SMILES string of the molecule is NC(=O)C1(N2CCCCC2)CCN(C(=O)Cc2cccc(F)c2)CC1. The van der Waals surface area contributed by atoms with Crippen LogP contribution in [0.3, 0.4) is 0 Å². The molecule has 0 bridgehead atoms. The Morgan fingerprint density at radius 3 is 2.36 bits per heavy atom. The molecule has 2 aliphatic rings. The minimum atomic E-state index is -0.615. The fourth-order valence-electron chi connectivity index (χ4n) is 4.10. The molecule has 6 heteroatoms. The molecule has 0 atom stereocenters. The van der Waals surface area contributed by atoms with Crippen molar-refractivity contribution in [3.8, 4) is 0 Å². The van der Waals surface area contributed by atoms with Crippen molar-refractivity contribution in [1.82, 2.24) is 9.80 Å². The van der Waals surface area contributed by atoms with Gasteiger partial charge in [0.2, 0.25) is 11.8 Å². The second-order valence-corrected chi connectivity index (χ2v) is 7.13. The van der Waals surface area contributed by atoms with Gasteiger partial charge in [-0.3, -0.25) is 14.5 Å². The third-order valence-electron chi connectivity index (χ3n) is 5.61. The third-order valence-corrected chi connectivity index (χ3v) is 5.61. The number of rotatable bonds is 4. The third kappa shape index (κ3) is 3.84. The van der Waals surface area contributed by atoms with Gasteiger partial charge in [-0.25, -0.2) is 4.39 Å². The van der Waals surface area contributed by atoms with Crippen LogP contribution < -0.4 is 5.73 Å². The van der Waals surface area contributed by atoms with Crippen LogP contribution >= 0.6 is 0 Å². The molecule has 2 fully saturated rings. The van der Waals surface area contributed by atoms with E-state index in [2.05, 4.69) is 4.90 Å². The molecule has 2 saturated heterocycles. The lowest BCUT2D eigenvalue weighted by atomic mass is 9.83. The molecule has 25 heavy (non-hydrogen) atoms. The Labute approximate surface area is 148 Å². The second kappa shape index (κ2) is 7.52. The number of carbonyl (C=O) groups is 2. The maximum absolute atomic E-state index is 13.3. The van der Waals surface area contributed by atoms with Crippen molar-refractivity contribution < 1.29 is 14.0 Å². The van der Waals surface area contributed by atoms with Crippen LogP contribution in [-0.4, -0.2) is 53.3 Å². The number of primary amides is 1. The number of carbonyl (C=O) groups excluding carboxylic acids is 2. The highest BCUT2D eigenvalue weighted by atomic mass is 19.1. The monoisotopic (exact) mass is 347 g/mol. The van der Waals surface area contributed by atoms with Gasteiger partial charge in [-0.15, -0.1) is 0 Å². The standard InChI is InChI=1S/C19H26FN3O2/c20-16-6-4-5-15(13-16)14-17(24)22-11-7-19(8-12-22,18(21)25)23-9-2-1-3-10-23/h4-6,13H,1-3,7-12,14H2,(H2,21,25). The molecule has 0 saturated carbocycles. The van der Waals surface area contributed by atoms with E-state index in [9.17, 15) is 14.0 Å². The zero-order chi connectivity index (χ0) is 17.9. The van der Waals surface area contributed by atoms with Gasteiger partial charge in [0.05, 0.1) is 6.42 Å². The molecule has 1 aromatic carbocycles. The molecular weight excluding hydrogens is 321 g/mol. The minimum Gasteiger partial charge on any atom is -0.368 e. The van der Waals surface area contributed by atoms with Gasteiger partial charge in [-0.2, -0.15) is 0 Å². The first-order valence-electron chi connectivity index (χ1n) is 9.08. The van der Waals surface area contributed by atoms with Crippen LogP contribution in [0, 0.1) is 5.82 Å². The molecule has 2 heterocycles. The van der Waals surface area contributed by atoms with Crippen molar-refractivity contribution in [3.05, 3.63) is 35.6 Å². The lowest BCUT2D eigenvalue weighted by molar-refractivity contribution is -0.141. The number of piperidine rings is 2. The Balaban J connectivity index is 1.63. The Hall–Kier alpha value is -1.95. The van der Waals surface area contributed by atoms with Crippen molar-refractivity contribution >= 4 is 11.8 Å². The van der Waals surface area contributed by atoms with Crippen LogP contribution in [0.15, 0.2) is 24.3 Å². The summed E-state index contributed by atoms with van der Waals surface area (Å²) < 4.78 is 13.3. The van der Waals surface area contributed by atoms with Crippen molar-refractivity contribution in [3.63, 3.8) is 0 Å². The molecule has 3 rings (SSSR count). The number of halogens is 1. The maximum atomic E-state index is 13.3. The highest BCUT2D eigenvalue weighted by Crippen LogP contribution is 2.31. The van der Waals surface area contributed by atoms with E-state index in [0.717, 1.165) is 25.9 Å². The van der Waals surface area contributed by atoms with Gasteiger partial charge in [0, 0.05) is 13.1 Å². The van der Waals surface area contributed by atoms with E-state index in [4.69, 9.17) is 5.73 Å². The Bertz CT molecular complexity index is 635. The van der Waals surface area contributed by atoms with Crippen molar-refractivity contribution in [1.29, 1.82) is 0 Å². The molecule has 0 spiro atoms. The van der Waals surface area contributed by atoms with E-state index >= 15 is 0 Å². The van der Waals surface area contributed by atoms with Crippen LogP contribution in [0.5, 0.6) is 0 Å². The molecule has 0 radical (unpaired) electrons. The predicted molar refractivity (Wildman–Crippen MR) is 93.3 cm³/mol. The average Bonchev–Trinajstić information content (AvgIpc) is 2.62. The molecule has 0 aliphatic carbocycles. The molecular formula is C19H26FN3O2. The van der Waals surface area contributed by atoms with Gasteiger partial charge < -0.3 is 10.6 Å². The topological polar surface area (TPSA) is 66.6 Å². The summed E-state index contributed by atoms with van der Waals surface area (Å²) in [5, 5.41) is 0. The molecule has 136 valence electrons. The number of hydrogen-bond acceptors (Lipinski definition) is 3. The zero-order valence-corrected chi connectivity index (χ0v) is 14.5. The first kappa shape index (κ1) is 17.9. The van der Waals surface area contributed by atoms with E-state index in [1.165, 1.54) is 18.6 Å². The maximum Gasteiger partial charge on any atom is 0.238 e. The smallest absolute Gasteiger partial charge is 0.238 e. The first-order chi connectivity index (χ1) is 12.0. The van der Waals surface area contributed by atoms with Gasteiger partial charge in [-0.05, 0) is 56.5 Å². The number of hydrogen-bond donors (Lipinski definition) is 1. The van der Waals surface area contributed by atoms with E-state index in [0.29, 0.717) is 31.5 Å². The van der Waals surface area contributed by atoms with E-state index in [-0.39, 0.29) is 24.1 Å². The van der Waals surface area contributed by atoms with Crippen molar-refractivity contribution in [2.45, 2.75) is 44.1 Å². The molecule has 0 unspecified atom stereocenters. The largest absolute Gasteiger partial charge is 0.368 e. The molecule has 2 aliphatic heterocycles. The van der Waals surface area contributed by atoms with E-state index in [1.54, 1.807) is 17.0 Å². The van der Waals surface area contributed by atoms with Gasteiger partial charge in [0.1, 0.15) is 11.4 Å².